The van der Waals surface area contributed by atoms with Crippen LogP contribution in [0.15, 0.2) is 66.3 Å². The Hall–Kier alpha value is -3.17. The summed E-state index contributed by atoms with van der Waals surface area (Å²) in [5.74, 6) is -0.330. The molecule has 0 saturated heterocycles. The number of carbonyl (C=O) groups excluding carboxylic acids is 2. The van der Waals surface area contributed by atoms with Crippen molar-refractivity contribution in [2.24, 2.45) is 5.92 Å². The maximum absolute atomic E-state index is 13.1. The molecule has 0 aliphatic carbocycles. The van der Waals surface area contributed by atoms with Crippen molar-refractivity contribution < 1.29 is 14.0 Å². The molecule has 3 aromatic rings. The first-order chi connectivity index (χ1) is 16.3. The number of hydrogen-bond donors (Lipinski definition) is 2. The van der Waals surface area contributed by atoms with Gasteiger partial charge in [0.05, 0.1) is 22.4 Å². The third-order valence-corrected chi connectivity index (χ3v) is 6.16. The molecule has 0 radical (unpaired) electrons. The molecule has 1 atom stereocenters. The standard InChI is InChI=1S/C24H25ClFN5O2S/c1-4-13-31-22(21(15(2)3)28-23(33)18-7-5-6-8-19(18)25)29-30-24(31)34-14-20(32)27-17-11-9-16(26)10-12-17/h4-12,15,21H,1,13-14H2,2-3H3,(H,27,32)(H,28,33). The van der Waals surface area contributed by atoms with Crippen molar-refractivity contribution in [3.8, 4) is 0 Å². The number of thioether (sulfide) groups is 1. The van der Waals surface area contributed by atoms with Crippen molar-refractivity contribution in [2.75, 3.05) is 11.1 Å². The molecule has 1 unspecified atom stereocenters. The Morgan fingerprint density at radius 3 is 2.53 bits per heavy atom. The molecule has 0 fully saturated rings. The Morgan fingerprint density at radius 1 is 1.18 bits per heavy atom. The van der Waals surface area contributed by atoms with Gasteiger partial charge in [-0.2, -0.15) is 0 Å². The van der Waals surface area contributed by atoms with Crippen molar-refractivity contribution in [3.05, 3.63) is 83.4 Å². The van der Waals surface area contributed by atoms with Crippen molar-refractivity contribution in [3.63, 3.8) is 0 Å². The Morgan fingerprint density at radius 2 is 1.88 bits per heavy atom. The SMILES string of the molecule is C=CCn1c(SCC(=O)Nc2ccc(F)cc2)nnc1C(NC(=O)c1ccccc1Cl)C(C)C. The van der Waals surface area contributed by atoms with Gasteiger partial charge in [0.25, 0.3) is 5.91 Å². The molecule has 0 saturated carbocycles. The number of aromatic nitrogens is 3. The summed E-state index contributed by atoms with van der Waals surface area (Å²) >= 11 is 7.39. The van der Waals surface area contributed by atoms with Gasteiger partial charge in [-0.05, 0) is 42.3 Å². The smallest absolute Gasteiger partial charge is 0.253 e. The second-order valence-corrected chi connectivity index (χ2v) is 9.11. The van der Waals surface area contributed by atoms with E-state index in [4.69, 9.17) is 11.6 Å². The normalized spacial score (nSPS) is 11.8. The van der Waals surface area contributed by atoms with Crippen LogP contribution in [0.4, 0.5) is 10.1 Å². The Bertz CT molecular complexity index is 1170. The van der Waals surface area contributed by atoms with Gasteiger partial charge in [0.1, 0.15) is 5.82 Å². The minimum absolute atomic E-state index is 0.00109. The third-order valence-electron chi connectivity index (χ3n) is 4.87. The molecule has 2 aromatic carbocycles. The first kappa shape index (κ1) is 25.5. The number of nitrogens with zero attached hydrogens (tertiary/aromatic N) is 3. The molecular weight excluding hydrogens is 477 g/mol. The fourth-order valence-electron chi connectivity index (χ4n) is 3.19. The van der Waals surface area contributed by atoms with Crippen molar-refractivity contribution in [1.82, 2.24) is 20.1 Å². The number of halogens is 2. The van der Waals surface area contributed by atoms with Crippen LogP contribution in [0.25, 0.3) is 0 Å². The molecule has 2 N–H and O–H groups in total. The van der Waals surface area contributed by atoms with Crippen molar-refractivity contribution in [2.45, 2.75) is 31.6 Å². The van der Waals surface area contributed by atoms with E-state index in [-0.39, 0.29) is 29.3 Å². The van der Waals surface area contributed by atoms with Gasteiger partial charge in [0, 0.05) is 12.2 Å². The van der Waals surface area contributed by atoms with Crippen LogP contribution in [-0.2, 0) is 11.3 Å². The molecule has 0 spiro atoms. The lowest BCUT2D eigenvalue weighted by Gasteiger charge is -2.23. The van der Waals surface area contributed by atoms with E-state index < -0.39 is 6.04 Å². The highest BCUT2D eigenvalue weighted by atomic mass is 35.5. The monoisotopic (exact) mass is 501 g/mol. The number of amides is 2. The molecule has 34 heavy (non-hydrogen) atoms. The molecule has 3 rings (SSSR count). The second kappa shape index (κ2) is 11.8. The minimum atomic E-state index is -0.446. The molecule has 178 valence electrons. The molecule has 7 nitrogen and oxygen atoms in total. The van der Waals surface area contributed by atoms with E-state index in [1.165, 1.54) is 36.0 Å². The Balaban J connectivity index is 1.75. The maximum atomic E-state index is 13.1. The number of nitrogens with one attached hydrogen (secondary N) is 2. The molecule has 0 aliphatic heterocycles. The Kier molecular flexibility index (Phi) is 8.84. The lowest BCUT2D eigenvalue weighted by Crippen LogP contribution is -2.34. The molecule has 10 heteroatoms. The quantitative estimate of drug-likeness (QED) is 0.297. The predicted molar refractivity (Wildman–Crippen MR) is 132 cm³/mol. The van der Waals surface area contributed by atoms with E-state index in [2.05, 4.69) is 27.4 Å². The minimum Gasteiger partial charge on any atom is -0.342 e. The first-order valence-electron chi connectivity index (χ1n) is 10.6. The highest BCUT2D eigenvalue weighted by Crippen LogP contribution is 2.26. The van der Waals surface area contributed by atoms with E-state index in [0.717, 1.165) is 0 Å². The van der Waals surface area contributed by atoms with E-state index in [1.807, 2.05) is 18.4 Å². The number of allylic oxidation sites excluding steroid dienone is 1. The predicted octanol–water partition coefficient (Wildman–Crippen LogP) is 5.11. The van der Waals surface area contributed by atoms with E-state index in [9.17, 15) is 14.0 Å². The fourth-order valence-corrected chi connectivity index (χ4v) is 4.17. The van der Waals surface area contributed by atoms with Gasteiger partial charge in [-0.1, -0.05) is 55.4 Å². The number of anilines is 1. The van der Waals surface area contributed by atoms with Gasteiger partial charge in [-0.3, -0.25) is 9.59 Å². The van der Waals surface area contributed by atoms with Crippen LogP contribution < -0.4 is 10.6 Å². The zero-order valence-electron chi connectivity index (χ0n) is 18.8. The topological polar surface area (TPSA) is 88.9 Å². The zero-order valence-corrected chi connectivity index (χ0v) is 20.4. The summed E-state index contributed by atoms with van der Waals surface area (Å²) in [7, 11) is 0. The number of rotatable bonds is 10. The highest BCUT2D eigenvalue weighted by molar-refractivity contribution is 7.99. The van der Waals surface area contributed by atoms with Crippen LogP contribution in [0.1, 0.15) is 36.1 Å². The fraction of sp³-hybridized carbons (Fsp3) is 0.250. The Labute approximate surface area is 206 Å². The second-order valence-electron chi connectivity index (χ2n) is 7.76. The molecule has 0 aliphatic rings. The van der Waals surface area contributed by atoms with Gasteiger partial charge < -0.3 is 15.2 Å². The van der Waals surface area contributed by atoms with E-state index in [0.29, 0.717) is 33.8 Å². The zero-order chi connectivity index (χ0) is 24.7. The van der Waals surface area contributed by atoms with Crippen LogP contribution in [-0.4, -0.2) is 32.3 Å². The van der Waals surface area contributed by atoms with Crippen LogP contribution in [0.3, 0.4) is 0 Å². The van der Waals surface area contributed by atoms with Crippen LogP contribution in [0, 0.1) is 11.7 Å². The average Bonchev–Trinajstić information content (AvgIpc) is 3.20. The van der Waals surface area contributed by atoms with Gasteiger partial charge in [0.15, 0.2) is 11.0 Å². The highest BCUT2D eigenvalue weighted by Gasteiger charge is 2.27. The van der Waals surface area contributed by atoms with Gasteiger partial charge in [0.2, 0.25) is 5.91 Å². The van der Waals surface area contributed by atoms with Crippen molar-refractivity contribution in [1.29, 1.82) is 0 Å². The summed E-state index contributed by atoms with van der Waals surface area (Å²) in [5, 5.41) is 15.2. The summed E-state index contributed by atoms with van der Waals surface area (Å²) in [6.45, 7) is 8.13. The van der Waals surface area contributed by atoms with Crippen molar-refractivity contribution >= 4 is 40.9 Å². The number of benzene rings is 2. The summed E-state index contributed by atoms with van der Waals surface area (Å²) in [6.07, 6.45) is 1.70. The third kappa shape index (κ3) is 6.45. The molecule has 1 aromatic heterocycles. The van der Waals surface area contributed by atoms with Gasteiger partial charge in [-0.15, -0.1) is 16.8 Å². The van der Waals surface area contributed by atoms with Crippen LogP contribution in [0.2, 0.25) is 5.02 Å². The number of carbonyl (C=O) groups is 2. The van der Waals surface area contributed by atoms with Crippen LogP contribution >= 0.6 is 23.4 Å². The van der Waals surface area contributed by atoms with Gasteiger partial charge in [-0.25, -0.2) is 4.39 Å². The summed E-state index contributed by atoms with van der Waals surface area (Å²) in [5.41, 5.74) is 0.874. The maximum Gasteiger partial charge on any atom is 0.253 e. The van der Waals surface area contributed by atoms with Gasteiger partial charge >= 0.3 is 0 Å². The average molecular weight is 502 g/mol. The first-order valence-corrected chi connectivity index (χ1v) is 11.9. The number of hydrogen-bond acceptors (Lipinski definition) is 5. The molecule has 0 bridgehead atoms. The van der Waals surface area contributed by atoms with Crippen LogP contribution in [0.5, 0.6) is 0 Å². The lowest BCUT2D eigenvalue weighted by atomic mass is 10.0. The summed E-state index contributed by atoms with van der Waals surface area (Å²) < 4.78 is 14.9. The summed E-state index contributed by atoms with van der Waals surface area (Å²) in [6, 6.07) is 11.9. The lowest BCUT2D eigenvalue weighted by molar-refractivity contribution is -0.113. The largest absolute Gasteiger partial charge is 0.342 e. The molecule has 2 amide bonds. The summed E-state index contributed by atoms with van der Waals surface area (Å²) in [4.78, 5) is 25.2. The molecule has 1 heterocycles. The molecular formula is C24H25ClFN5O2S. The van der Waals surface area contributed by atoms with E-state index >= 15 is 0 Å². The van der Waals surface area contributed by atoms with E-state index in [1.54, 1.807) is 30.3 Å².